The molecule has 0 spiro atoms. The number of para-hydroxylation sites is 1. The first-order valence-corrected chi connectivity index (χ1v) is 12.7. The van der Waals surface area contributed by atoms with E-state index in [1.54, 1.807) is 11.0 Å². The lowest BCUT2D eigenvalue weighted by Gasteiger charge is -2.30. The normalized spacial score (nSPS) is 15.0. The van der Waals surface area contributed by atoms with Crippen LogP contribution >= 0.6 is 0 Å². The van der Waals surface area contributed by atoms with E-state index in [0.717, 1.165) is 22.2 Å². The van der Waals surface area contributed by atoms with Gasteiger partial charge in [0.25, 0.3) is 5.91 Å². The van der Waals surface area contributed by atoms with Gasteiger partial charge in [0.15, 0.2) is 0 Å². The molecule has 2 amide bonds. The maximum atomic E-state index is 13.1. The fourth-order valence-corrected chi connectivity index (χ4v) is 4.72. The number of piperidine rings is 1. The predicted octanol–water partition coefficient (Wildman–Crippen LogP) is 4.65. The number of ether oxygens (including phenoxy) is 1. The Hall–Kier alpha value is -4.05. The molecule has 1 aliphatic rings. The molecule has 0 aliphatic carbocycles. The summed E-state index contributed by atoms with van der Waals surface area (Å²) in [4.78, 5) is 26.1. The number of hydrogen-bond donors (Lipinski definition) is 1. The third kappa shape index (κ3) is 6.03. The smallest absolute Gasteiger partial charge is 0.264 e. The molecule has 7 nitrogen and oxygen atoms in total. The van der Waals surface area contributed by atoms with Crippen LogP contribution in [0.2, 0.25) is 0 Å². The highest BCUT2D eigenvalue weighted by Crippen LogP contribution is 2.26. The van der Waals surface area contributed by atoms with Gasteiger partial charge in [0.2, 0.25) is 5.91 Å². The van der Waals surface area contributed by atoms with Crippen LogP contribution in [0.15, 0.2) is 60.3 Å². The van der Waals surface area contributed by atoms with E-state index in [9.17, 15) is 14.9 Å². The van der Waals surface area contributed by atoms with E-state index in [-0.39, 0.29) is 28.7 Å². The van der Waals surface area contributed by atoms with Crippen LogP contribution in [-0.2, 0) is 21.5 Å². The quantitative estimate of drug-likeness (QED) is 0.378. The Morgan fingerprint density at radius 2 is 1.78 bits per heavy atom. The number of carbonyl (C=O) groups excluding carboxylic acids is 2. The number of hydrogen-bond acceptors (Lipinski definition) is 4. The summed E-state index contributed by atoms with van der Waals surface area (Å²) in [6, 6.07) is 18.2. The number of primary amides is 1. The zero-order valence-electron chi connectivity index (χ0n) is 21.7. The Kier molecular flexibility index (Phi) is 7.68. The van der Waals surface area contributed by atoms with Crippen molar-refractivity contribution in [3.8, 4) is 11.8 Å². The first-order valence-electron chi connectivity index (χ1n) is 12.7. The van der Waals surface area contributed by atoms with Crippen LogP contribution in [-0.4, -0.2) is 41.0 Å². The van der Waals surface area contributed by atoms with Gasteiger partial charge in [-0.25, -0.2) is 0 Å². The van der Waals surface area contributed by atoms with Gasteiger partial charge < -0.3 is 19.9 Å². The molecule has 0 bridgehead atoms. The number of benzene rings is 2. The fourth-order valence-electron chi connectivity index (χ4n) is 4.72. The monoisotopic (exact) mass is 498 g/mol. The molecule has 1 saturated heterocycles. The molecule has 3 aromatic rings. The Bertz CT molecular complexity index is 1350. The Balaban J connectivity index is 1.48. The highest BCUT2D eigenvalue weighted by atomic mass is 16.5. The lowest BCUT2D eigenvalue weighted by molar-refractivity contribution is -0.131. The van der Waals surface area contributed by atoms with Gasteiger partial charge in [-0.1, -0.05) is 51.1 Å². The van der Waals surface area contributed by atoms with Gasteiger partial charge >= 0.3 is 0 Å². The third-order valence-electron chi connectivity index (χ3n) is 6.98. The van der Waals surface area contributed by atoms with Gasteiger partial charge in [-0.15, -0.1) is 0 Å². The zero-order chi connectivity index (χ0) is 26.6. The van der Waals surface area contributed by atoms with Crippen molar-refractivity contribution in [3.63, 3.8) is 0 Å². The molecule has 37 heavy (non-hydrogen) atoms. The maximum Gasteiger partial charge on any atom is 0.264 e. The van der Waals surface area contributed by atoms with E-state index >= 15 is 0 Å². The maximum absolute atomic E-state index is 13.1. The van der Waals surface area contributed by atoms with E-state index in [4.69, 9.17) is 10.5 Å². The van der Waals surface area contributed by atoms with Gasteiger partial charge in [0.1, 0.15) is 24.0 Å². The average Bonchev–Trinajstić information content (AvgIpc) is 3.24. The Morgan fingerprint density at radius 1 is 1.11 bits per heavy atom. The molecule has 2 N–H and O–H groups in total. The van der Waals surface area contributed by atoms with Crippen molar-refractivity contribution in [1.29, 1.82) is 5.26 Å². The molecule has 7 heteroatoms. The van der Waals surface area contributed by atoms with Crippen LogP contribution in [0, 0.1) is 17.2 Å². The van der Waals surface area contributed by atoms with E-state index in [1.165, 1.54) is 5.56 Å². The first kappa shape index (κ1) is 26.0. The highest BCUT2D eigenvalue weighted by molar-refractivity contribution is 6.04. The van der Waals surface area contributed by atoms with Crippen molar-refractivity contribution in [2.75, 3.05) is 19.7 Å². The summed E-state index contributed by atoms with van der Waals surface area (Å²) in [5.74, 6) is -0.0385. The standard InChI is InChI=1S/C30H34N4O3/c1-30(2,3)24-8-10-25(11-9-24)37-17-16-34-20-23(26-6-4-5-7-27(26)34)18-22(19-31)29(36)33-14-12-21(13-15-33)28(32)35/h4-11,18,20-21H,12-17H2,1-3H3,(H2,32,35). The molecule has 1 fully saturated rings. The number of likely N-dealkylation sites (tertiary alicyclic amines) is 1. The van der Waals surface area contributed by atoms with Crippen LogP contribution in [0.25, 0.3) is 17.0 Å². The van der Waals surface area contributed by atoms with Gasteiger partial charge in [-0.3, -0.25) is 9.59 Å². The molecule has 192 valence electrons. The van der Waals surface area contributed by atoms with E-state index in [2.05, 4.69) is 43.5 Å². The summed E-state index contributed by atoms with van der Waals surface area (Å²) in [6.45, 7) is 8.49. The third-order valence-corrected chi connectivity index (χ3v) is 6.98. The number of fused-ring (bicyclic) bond motifs is 1. The average molecular weight is 499 g/mol. The SMILES string of the molecule is CC(C)(C)c1ccc(OCCn2cc(C=C(C#N)C(=O)N3CCC(C(N)=O)CC3)c3ccccc32)cc1. The van der Waals surface area contributed by atoms with E-state index in [0.29, 0.717) is 39.1 Å². The summed E-state index contributed by atoms with van der Waals surface area (Å²) >= 11 is 0. The minimum absolute atomic E-state index is 0.0793. The van der Waals surface area contributed by atoms with Crippen molar-refractivity contribution < 1.29 is 14.3 Å². The number of aromatic nitrogens is 1. The summed E-state index contributed by atoms with van der Waals surface area (Å²) in [7, 11) is 0. The number of nitriles is 1. The van der Waals surface area contributed by atoms with E-state index in [1.807, 2.05) is 42.6 Å². The minimum Gasteiger partial charge on any atom is -0.492 e. The molecule has 1 aromatic heterocycles. The summed E-state index contributed by atoms with van der Waals surface area (Å²) in [5.41, 5.74) is 8.65. The van der Waals surface area contributed by atoms with Crippen molar-refractivity contribution in [1.82, 2.24) is 9.47 Å². The molecule has 1 aliphatic heterocycles. The van der Waals surface area contributed by atoms with E-state index < -0.39 is 0 Å². The number of carbonyl (C=O) groups is 2. The van der Waals surface area contributed by atoms with Crippen LogP contribution < -0.4 is 10.5 Å². The van der Waals surface area contributed by atoms with Crippen molar-refractivity contribution in [3.05, 3.63) is 71.4 Å². The number of nitrogens with two attached hydrogens (primary N) is 1. The molecular formula is C30H34N4O3. The Labute approximate surface area is 218 Å². The molecule has 2 heterocycles. The van der Waals surface area contributed by atoms with Gasteiger partial charge in [-0.2, -0.15) is 5.26 Å². The summed E-state index contributed by atoms with van der Waals surface area (Å²) < 4.78 is 8.08. The zero-order valence-corrected chi connectivity index (χ0v) is 21.7. The topological polar surface area (TPSA) is 101 Å². The summed E-state index contributed by atoms with van der Waals surface area (Å²) in [5, 5.41) is 10.7. The van der Waals surface area contributed by atoms with Crippen molar-refractivity contribution >= 4 is 28.8 Å². The second-order valence-corrected chi connectivity index (χ2v) is 10.6. The molecule has 4 rings (SSSR count). The summed E-state index contributed by atoms with van der Waals surface area (Å²) in [6.07, 6.45) is 4.67. The molecular weight excluding hydrogens is 464 g/mol. The van der Waals surface area contributed by atoms with Gasteiger partial charge in [-0.05, 0) is 48.1 Å². The number of nitrogens with zero attached hydrogens (tertiary/aromatic N) is 3. The van der Waals surface area contributed by atoms with Crippen molar-refractivity contribution in [2.24, 2.45) is 11.7 Å². The van der Waals surface area contributed by atoms with Gasteiger partial charge in [0, 0.05) is 41.7 Å². The lowest BCUT2D eigenvalue weighted by atomic mass is 9.87. The lowest BCUT2D eigenvalue weighted by Crippen LogP contribution is -2.42. The van der Waals surface area contributed by atoms with Crippen molar-refractivity contribution in [2.45, 2.75) is 45.6 Å². The Morgan fingerprint density at radius 3 is 2.41 bits per heavy atom. The minimum atomic E-state index is -0.332. The number of amides is 2. The van der Waals surface area contributed by atoms with Crippen LogP contribution in [0.1, 0.15) is 44.7 Å². The molecule has 0 radical (unpaired) electrons. The highest BCUT2D eigenvalue weighted by Gasteiger charge is 2.27. The van der Waals surface area contributed by atoms with Gasteiger partial charge in [0.05, 0.1) is 6.54 Å². The first-order chi connectivity index (χ1) is 17.7. The second-order valence-electron chi connectivity index (χ2n) is 10.6. The van der Waals surface area contributed by atoms with Crippen LogP contribution in [0.5, 0.6) is 5.75 Å². The van der Waals surface area contributed by atoms with Crippen LogP contribution in [0.4, 0.5) is 0 Å². The number of rotatable bonds is 7. The van der Waals surface area contributed by atoms with Crippen LogP contribution in [0.3, 0.4) is 0 Å². The second kappa shape index (κ2) is 10.9. The fraction of sp³-hybridized carbons (Fsp3) is 0.367. The molecule has 0 saturated carbocycles. The molecule has 0 unspecified atom stereocenters. The molecule has 0 atom stereocenters. The predicted molar refractivity (Wildman–Crippen MR) is 145 cm³/mol. The largest absolute Gasteiger partial charge is 0.492 e. The molecule has 2 aromatic carbocycles.